The van der Waals surface area contributed by atoms with Gasteiger partial charge in [-0.15, -0.1) is 11.3 Å². The molecule has 3 aromatic rings. The number of hydrogen-bond donors (Lipinski definition) is 1. The fourth-order valence-electron chi connectivity index (χ4n) is 2.42. The SMILES string of the molecule is C[C@H](OC(=O)c1ccc(NC(=O)c2cccs2)cc1)C(=O)c1ccc(F)cc1. The summed E-state index contributed by atoms with van der Waals surface area (Å²) < 4.78 is 18.1. The van der Waals surface area contributed by atoms with Crippen molar-refractivity contribution < 1.29 is 23.5 Å². The monoisotopic (exact) mass is 397 g/mol. The van der Waals surface area contributed by atoms with Crippen molar-refractivity contribution in [3.05, 3.63) is 87.9 Å². The molecule has 1 atom stereocenters. The van der Waals surface area contributed by atoms with Gasteiger partial charge in [0.05, 0.1) is 10.4 Å². The van der Waals surface area contributed by atoms with Crippen molar-refractivity contribution in [1.82, 2.24) is 0 Å². The Labute approximate surface area is 164 Å². The van der Waals surface area contributed by atoms with Gasteiger partial charge >= 0.3 is 5.97 Å². The van der Waals surface area contributed by atoms with Gasteiger partial charge in [-0.25, -0.2) is 9.18 Å². The van der Waals surface area contributed by atoms with Gasteiger partial charge < -0.3 is 10.1 Å². The number of Topliss-reactive ketones (excluding diaryl/α,β-unsaturated/α-hetero) is 1. The van der Waals surface area contributed by atoms with E-state index in [0.717, 1.165) is 0 Å². The van der Waals surface area contributed by atoms with Crippen LogP contribution in [0.5, 0.6) is 0 Å². The van der Waals surface area contributed by atoms with Crippen LogP contribution < -0.4 is 5.32 Å². The van der Waals surface area contributed by atoms with Gasteiger partial charge in [-0.05, 0) is 66.9 Å². The first-order chi connectivity index (χ1) is 13.4. The number of ether oxygens (including phenoxy) is 1. The molecule has 0 saturated heterocycles. The number of amides is 1. The fraction of sp³-hybridized carbons (Fsp3) is 0.0952. The summed E-state index contributed by atoms with van der Waals surface area (Å²) in [6.07, 6.45) is -1.02. The lowest BCUT2D eigenvalue weighted by Crippen LogP contribution is -2.24. The van der Waals surface area contributed by atoms with Crippen molar-refractivity contribution in [2.45, 2.75) is 13.0 Å². The average molecular weight is 397 g/mol. The third kappa shape index (κ3) is 4.69. The average Bonchev–Trinajstić information content (AvgIpc) is 3.23. The number of nitrogens with one attached hydrogen (secondary N) is 1. The summed E-state index contributed by atoms with van der Waals surface area (Å²) in [4.78, 5) is 37.1. The van der Waals surface area contributed by atoms with Crippen LogP contribution in [0.4, 0.5) is 10.1 Å². The molecule has 0 bridgehead atoms. The van der Waals surface area contributed by atoms with Crippen LogP contribution in [0.2, 0.25) is 0 Å². The van der Waals surface area contributed by atoms with Crippen LogP contribution in [-0.4, -0.2) is 23.8 Å². The molecule has 0 spiro atoms. The minimum absolute atomic E-state index is 0.233. The van der Waals surface area contributed by atoms with E-state index in [1.54, 1.807) is 24.3 Å². The van der Waals surface area contributed by atoms with Crippen molar-refractivity contribution in [3.63, 3.8) is 0 Å². The molecule has 0 radical (unpaired) electrons. The topological polar surface area (TPSA) is 72.5 Å². The number of esters is 1. The minimum atomic E-state index is -1.02. The van der Waals surface area contributed by atoms with E-state index in [-0.39, 0.29) is 17.0 Å². The number of halogens is 1. The van der Waals surface area contributed by atoms with Crippen LogP contribution in [0.25, 0.3) is 0 Å². The normalized spacial score (nSPS) is 11.5. The lowest BCUT2D eigenvalue weighted by atomic mass is 10.1. The summed E-state index contributed by atoms with van der Waals surface area (Å²) in [5.74, 6) is -1.77. The van der Waals surface area contributed by atoms with Gasteiger partial charge in [0, 0.05) is 11.3 Å². The third-order valence-corrected chi connectivity index (χ3v) is 4.77. The number of carbonyl (C=O) groups excluding carboxylic acids is 3. The van der Waals surface area contributed by atoms with Gasteiger partial charge in [0.1, 0.15) is 5.82 Å². The standard InChI is InChI=1S/C21H16FNO4S/c1-13(19(24)14-4-8-16(22)9-5-14)27-21(26)15-6-10-17(11-7-15)23-20(25)18-3-2-12-28-18/h2-13H,1H3,(H,23,25)/t13-/m0/s1. The zero-order valence-corrected chi connectivity index (χ0v) is 15.7. The van der Waals surface area contributed by atoms with E-state index in [0.29, 0.717) is 10.6 Å². The Balaban J connectivity index is 1.60. The molecule has 1 N–H and O–H groups in total. The molecular weight excluding hydrogens is 381 g/mol. The molecule has 0 aliphatic rings. The molecule has 0 aliphatic carbocycles. The first-order valence-electron chi connectivity index (χ1n) is 8.40. The predicted octanol–water partition coefficient (Wildman–Crippen LogP) is 4.57. The van der Waals surface area contributed by atoms with Gasteiger partial charge in [0.2, 0.25) is 5.78 Å². The molecule has 28 heavy (non-hydrogen) atoms. The molecule has 1 amide bonds. The molecule has 2 aromatic carbocycles. The molecule has 3 rings (SSSR count). The second-order valence-electron chi connectivity index (χ2n) is 5.93. The maximum Gasteiger partial charge on any atom is 0.338 e. The van der Waals surface area contributed by atoms with Crippen LogP contribution in [0.1, 0.15) is 37.3 Å². The molecule has 0 fully saturated rings. The smallest absolute Gasteiger partial charge is 0.338 e. The number of rotatable bonds is 6. The molecule has 1 heterocycles. The number of benzene rings is 2. The van der Waals surface area contributed by atoms with E-state index in [1.165, 1.54) is 54.7 Å². The first-order valence-corrected chi connectivity index (χ1v) is 9.27. The number of thiophene rings is 1. The zero-order chi connectivity index (χ0) is 20.1. The summed E-state index contributed by atoms with van der Waals surface area (Å²) in [5, 5.41) is 4.54. The number of hydrogen-bond acceptors (Lipinski definition) is 5. The highest BCUT2D eigenvalue weighted by Gasteiger charge is 2.20. The summed E-state index contributed by atoms with van der Waals surface area (Å²) in [5.41, 5.74) is 1.03. The van der Waals surface area contributed by atoms with Crippen LogP contribution in [0.15, 0.2) is 66.0 Å². The van der Waals surface area contributed by atoms with Crippen molar-refractivity contribution >= 4 is 34.7 Å². The molecule has 0 unspecified atom stereocenters. The Kier molecular flexibility index (Phi) is 5.96. The van der Waals surface area contributed by atoms with Crippen molar-refractivity contribution in [1.29, 1.82) is 0 Å². The summed E-state index contributed by atoms with van der Waals surface area (Å²) >= 11 is 1.33. The van der Waals surface area contributed by atoms with E-state index in [1.807, 2.05) is 5.38 Å². The Morgan fingerprint density at radius 3 is 2.21 bits per heavy atom. The number of carbonyl (C=O) groups is 3. The Morgan fingerprint density at radius 2 is 1.61 bits per heavy atom. The van der Waals surface area contributed by atoms with Gasteiger partial charge in [-0.2, -0.15) is 0 Å². The van der Waals surface area contributed by atoms with Crippen LogP contribution >= 0.6 is 11.3 Å². The summed E-state index contributed by atoms with van der Waals surface area (Å²) in [6, 6.07) is 14.7. The molecule has 1 aromatic heterocycles. The number of anilines is 1. The highest BCUT2D eigenvalue weighted by Crippen LogP contribution is 2.16. The predicted molar refractivity (Wildman–Crippen MR) is 104 cm³/mol. The highest BCUT2D eigenvalue weighted by molar-refractivity contribution is 7.12. The molecule has 0 saturated carbocycles. The van der Waals surface area contributed by atoms with Crippen molar-refractivity contribution in [3.8, 4) is 0 Å². The summed E-state index contributed by atoms with van der Waals surface area (Å²) in [7, 11) is 0. The van der Waals surface area contributed by atoms with E-state index >= 15 is 0 Å². The van der Waals surface area contributed by atoms with Gasteiger partial charge in [-0.1, -0.05) is 6.07 Å². The van der Waals surface area contributed by atoms with Crippen molar-refractivity contribution in [2.24, 2.45) is 0 Å². The van der Waals surface area contributed by atoms with Crippen LogP contribution in [0.3, 0.4) is 0 Å². The van der Waals surface area contributed by atoms with Crippen molar-refractivity contribution in [2.75, 3.05) is 5.32 Å². The van der Waals surface area contributed by atoms with Gasteiger partial charge in [0.25, 0.3) is 5.91 Å². The molecule has 5 nitrogen and oxygen atoms in total. The van der Waals surface area contributed by atoms with Gasteiger partial charge in [0.15, 0.2) is 6.10 Å². The minimum Gasteiger partial charge on any atom is -0.451 e. The lowest BCUT2D eigenvalue weighted by Gasteiger charge is -2.13. The lowest BCUT2D eigenvalue weighted by molar-refractivity contribution is 0.0319. The van der Waals surface area contributed by atoms with E-state index < -0.39 is 23.7 Å². The van der Waals surface area contributed by atoms with E-state index in [9.17, 15) is 18.8 Å². The Hall–Kier alpha value is -3.32. The second-order valence-corrected chi connectivity index (χ2v) is 6.88. The second kappa shape index (κ2) is 8.58. The molecular formula is C21H16FNO4S. The Bertz CT molecular complexity index is 982. The third-order valence-electron chi connectivity index (χ3n) is 3.91. The molecule has 142 valence electrons. The maximum absolute atomic E-state index is 13.0. The fourth-order valence-corrected chi connectivity index (χ4v) is 3.04. The summed E-state index contributed by atoms with van der Waals surface area (Å²) in [6.45, 7) is 1.46. The van der Waals surface area contributed by atoms with Crippen LogP contribution in [-0.2, 0) is 4.74 Å². The van der Waals surface area contributed by atoms with Gasteiger partial charge in [-0.3, -0.25) is 9.59 Å². The first kappa shape index (κ1) is 19.4. The molecule has 0 aliphatic heterocycles. The zero-order valence-electron chi connectivity index (χ0n) is 14.8. The quantitative estimate of drug-likeness (QED) is 0.489. The maximum atomic E-state index is 13.0. The number of ketones is 1. The van der Waals surface area contributed by atoms with E-state index in [2.05, 4.69) is 5.32 Å². The van der Waals surface area contributed by atoms with Crippen LogP contribution in [0, 0.1) is 5.82 Å². The highest BCUT2D eigenvalue weighted by atomic mass is 32.1. The Morgan fingerprint density at radius 1 is 0.964 bits per heavy atom. The largest absolute Gasteiger partial charge is 0.451 e. The van der Waals surface area contributed by atoms with E-state index in [4.69, 9.17) is 4.74 Å². The molecule has 7 heteroatoms.